The number of aliphatic imine (C=N–C) groups is 1. The van der Waals surface area contributed by atoms with Gasteiger partial charge in [0.1, 0.15) is 5.75 Å². The van der Waals surface area contributed by atoms with Gasteiger partial charge in [0.25, 0.3) is 0 Å². The highest BCUT2D eigenvalue weighted by molar-refractivity contribution is 14.0. The van der Waals surface area contributed by atoms with E-state index in [1.807, 2.05) is 30.3 Å². The third-order valence-electron chi connectivity index (χ3n) is 4.01. The van der Waals surface area contributed by atoms with Crippen molar-refractivity contribution in [3.63, 3.8) is 0 Å². The summed E-state index contributed by atoms with van der Waals surface area (Å²) in [5.41, 5.74) is 0.966. The van der Waals surface area contributed by atoms with E-state index >= 15 is 0 Å². The molecule has 0 spiro atoms. The van der Waals surface area contributed by atoms with Crippen molar-refractivity contribution in [2.45, 2.75) is 17.9 Å². The molecule has 0 aliphatic heterocycles. The number of hydrogen-bond donors (Lipinski definition) is 2. The number of nitrogens with one attached hydrogen (secondary N) is 2. The van der Waals surface area contributed by atoms with E-state index in [-0.39, 0.29) is 28.9 Å². The molecule has 29 heavy (non-hydrogen) atoms. The van der Waals surface area contributed by atoms with Crippen molar-refractivity contribution in [1.29, 1.82) is 0 Å². The lowest BCUT2D eigenvalue weighted by molar-refractivity contribution is 0.311. The van der Waals surface area contributed by atoms with Crippen LogP contribution in [0.15, 0.2) is 64.5 Å². The molecule has 0 saturated carbocycles. The molecule has 0 aliphatic carbocycles. The second kappa shape index (κ2) is 12.7. The fraction of sp³-hybridized carbons (Fsp3) is 0.350. The lowest BCUT2D eigenvalue weighted by Gasteiger charge is -2.13. The summed E-state index contributed by atoms with van der Waals surface area (Å²) in [7, 11) is 1.35. The van der Waals surface area contributed by atoms with Gasteiger partial charge in [-0.15, -0.1) is 24.0 Å². The first kappa shape index (κ1) is 25.2. The Kier molecular flexibility index (Phi) is 11.0. The van der Waals surface area contributed by atoms with Crippen molar-refractivity contribution in [3.05, 3.63) is 60.2 Å². The highest BCUT2D eigenvalue weighted by atomic mass is 127. The number of halogens is 1. The third-order valence-corrected chi connectivity index (χ3v) is 5.84. The van der Waals surface area contributed by atoms with Gasteiger partial charge in [-0.2, -0.15) is 0 Å². The van der Waals surface area contributed by atoms with Crippen LogP contribution in [0.5, 0.6) is 5.75 Å². The third kappa shape index (κ3) is 8.19. The Labute approximate surface area is 190 Å². The molecule has 2 aromatic carbocycles. The Balaban J connectivity index is 0.00000420. The minimum Gasteiger partial charge on any atom is -0.494 e. The number of sulfonamides is 1. The number of para-hydroxylation sites is 1. The minimum absolute atomic E-state index is 0. The maximum atomic E-state index is 12.1. The molecule has 0 saturated heterocycles. The topological polar surface area (TPSA) is 83.0 Å². The first-order valence-electron chi connectivity index (χ1n) is 9.07. The van der Waals surface area contributed by atoms with Gasteiger partial charge in [0, 0.05) is 34.2 Å². The van der Waals surface area contributed by atoms with Gasteiger partial charge in [-0.05, 0) is 36.2 Å². The second-order valence-electron chi connectivity index (χ2n) is 6.30. The van der Waals surface area contributed by atoms with Gasteiger partial charge in [0.15, 0.2) is 5.96 Å². The molecule has 9 heteroatoms. The van der Waals surface area contributed by atoms with Crippen LogP contribution in [-0.2, 0) is 16.6 Å². The van der Waals surface area contributed by atoms with E-state index in [1.54, 1.807) is 31.3 Å². The van der Waals surface area contributed by atoms with Crippen molar-refractivity contribution in [1.82, 2.24) is 14.9 Å². The molecule has 2 rings (SSSR count). The lowest BCUT2D eigenvalue weighted by atomic mass is 10.2. The van der Waals surface area contributed by atoms with Crippen LogP contribution in [0, 0.1) is 0 Å². The molecule has 0 heterocycles. The maximum Gasteiger partial charge on any atom is 0.242 e. The molecule has 0 fully saturated rings. The molecule has 7 nitrogen and oxygen atoms in total. The van der Waals surface area contributed by atoms with Gasteiger partial charge >= 0.3 is 0 Å². The summed E-state index contributed by atoms with van der Waals surface area (Å²) in [6, 6.07) is 16.5. The Morgan fingerprint density at radius 1 is 1.03 bits per heavy atom. The molecule has 0 unspecified atom stereocenters. The number of ether oxygens (including phenoxy) is 1. The quantitative estimate of drug-likeness (QED) is 0.225. The molecule has 0 aromatic heterocycles. The zero-order chi connectivity index (χ0) is 20.4. The average molecular weight is 532 g/mol. The van der Waals surface area contributed by atoms with Crippen molar-refractivity contribution in [3.8, 4) is 5.75 Å². The summed E-state index contributed by atoms with van der Waals surface area (Å²) < 4.78 is 31.0. The number of benzene rings is 2. The van der Waals surface area contributed by atoms with E-state index in [1.165, 1.54) is 18.4 Å². The van der Waals surface area contributed by atoms with Crippen LogP contribution in [0.1, 0.15) is 12.0 Å². The highest BCUT2D eigenvalue weighted by Crippen LogP contribution is 2.14. The van der Waals surface area contributed by atoms with Crippen LogP contribution in [-0.4, -0.2) is 53.0 Å². The molecule has 0 radical (unpaired) electrons. The summed E-state index contributed by atoms with van der Waals surface area (Å²) in [6.45, 7) is 1.89. The van der Waals surface area contributed by atoms with E-state index in [2.05, 4.69) is 15.6 Å². The Hall–Kier alpha value is -1.85. The number of hydrogen-bond acceptors (Lipinski definition) is 4. The monoisotopic (exact) mass is 532 g/mol. The SMILES string of the molecule is CN=C(NCCCOc1ccccc1)NCc1ccc(S(=O)(=O)N(C)C)cc1.I. The summed E-state index contributed by atoms with van der Waals surface area (Å²) >= 11 is 0. The first-order chi connectivity index (χ1) is 13.4. The van der Waals surface area contributed by atoms with Crippen LogP contribution >= 0.6 is 24.0 Å². The zero-order valence-corrected chi connectivity index (χ0v) is 20.1. The van der Waals surface area contributed by atoms with E-state index in [9.17, 15) is 8.42 Å². The molecule has 0 bridgehead atoms. The second-order valence-corrected chi connectivity index (χ2v) is 8.45. The molecule has 2 N–H and O–H groups in total. The normalized spacial score (nSPS) is 11.7. The van der Waals surface area contributed by atoms with Gasteiger partial charge in [-0.3, -0.25) is 4.99 Å². The molecular formula is C20H29IN4O3S. The Morgan fingerprint density at radius 3 is 2.28 bits per heavy atom. The van der Waals surface area contributed by atoms with Gasteiger partial charge < -0.3 is 15.4 Å². The summed E-state index contributed by atoms with van der Waals surface area (Å²) in [6.07, 6.45) is 0.840. The van der Waals surface area contributed by atoms with Crippen LogP contribution < -0.4 is 15.4 Å². The molecule has 0 amide bonds. The minimum atomic E-state index is -3.40. The number of nitrogens with zero attached hydrogens (tertiary/aromatic N) is 2. The summed E-state index contributed by atoms with van der Waals surface area (Å²) in [4.78, 5) is 4.47. The predicted octanol–water partition coefficient (Wildman–Crippen LogP) is 2.69. The van der Waals surface area contributed by atoms with Crippen LogP contribution in [0.4, 0.5) is 0 Å². The molecule has 0 atom stereocenters. The highest BCUT2D eigenvalue weighted by Gasteiger charge is 2.16. The van der Waals surface area contributed by atoms with Gasteiger partial charge in [0.2, 0.25) is 10.0 Å². The summed E-state index contributed by atoms with van der Waals surface area (Å²) in [5.74, 6) is 1.55. The van der Waals surface area contributed by atoms with Crippen molar-refractivity contribution >= 4 is 40.0 Å². The molecular weight excluding hydrogens is 503 g/mol. The summed E-state index contributed by atoms with van der Waals surface area (Å²) in [5, 5.41) is 6.45. The molecule has 0 aliphatic rings. The average Bonchev–Trinajstić information content (AvgIpc) is 2.71. The zero-order valence-electron chi connectivity index (χ0n) is 17.0. The maximum absolute atomic E-state index is 12.1. The smallest absolute Gasteiger partial charge is 0.242 e. The standard InChI is InChI=1S/C20H28N4O3S.HI/c1-21-20(22-14-7-15-27-18-8-5-4-6-9-18)23-16-17-10-12-19(13-11-17)28(25,26)24(2)3;/h4-6,8-13H,7,14-16H2,1-3H3,(H2,21,22,23);1H. The van der Waals surface area contributed by atoms with Crippen molar-refractivity contribution < 1.29 is 13.2 Å². The van der Waals surface area contributed by atoms with E-state index in [0.717, 1.165) is 24.3 Å². The van der Waals surface area contributed by atoms with E-state index in [4.69, 9.17) is 4.74 Å². The van der Waals surface area contributed by atoms with E-state index < -0.39 is 10.0 Å². The van der Waals surface area contributed by atoms with Crippen LogP contribution in [0.3, 0.4) is 0 Å². The van der Waals surface area contributed by atoms with Gasteiger partial charge in [-0.1, -0.05) is 30.3 Å². The molecule has 2 aromatic rings. The van der Waals surface area contributed by atoms with E-state index in [0.29, 0.717) is 19.1 Å². The molecule has 160 valence electrons. The number of rotatable bonds is 9. The largest absolute Gasteiger partial charge is 0.494 e. The Bertz CT molecular complexity index is 857. The van der Waals surface area contributed by atoms with Crippen molar-refractivity contribution in [2.75, 3.05) is 34.3 Å². The Morgan fingerprint density at radius 2 is 1.69 bits per heavy atom. The lowest BCUT2D eigenvalue weighted by Crippen LogP contribution is -2.37. The first-order valence-corrected chi connectivity index (χ1v) is 10.5. The van der Waals surface area contributed by atoms with Crippen LogP contribution in [0.25, 0.3) is 0 Å². The predicted molar refractivity (Wildman–Crippen MR) is 127 cm³/mol. The number of guanidine groups is 1. The van der Waals surface area contributed by atoms with Gasteiger partial charge in [-0.25, -0.2) is 12.7 Å². The van der Waals surface area contributed by atoms with Crippen molar-refractivity contribution in [2.24, 2.45) is 4.99 Å². The fourth-order valence-electron chi connectivity index (χ4n) is 2.38. The fourth-order valence-corrected chi connectivity index (χ4v) is 3.28. The van der Waals surface area contributed by atoms with Crippen LogP contribution in [0.2, 0.25) is 0 Å². The van der Waals surface area contributed by atoms with Gasteiger partial charge in [0.05, 0.1) is 11.5 Å².